The fourth-order valence-corrected chi connectivity index (χ4v) is 6.02. The van der Waals surface area contributed by atoms with Crippen LogP contribution in [0.4, 0.5) is 11.8 Å². The number of aryl methyl sites for hydroxylation is 1. The summed E-state index contributed by atoms with van der Waals surface area (Å²) in [6.07, 6.45) is 17.1. The van der Waals surface area contributed by atoms with Crippen LogP contribution in [-0.4, -0.2) is 68.1 Å². The molecule has 0 bridgehead atoms. The lowest BCUT2D eigenvalue weighted by Gasteiger charge is -2.43. The molecule has 1 aliphatic carbocycles. The first-order valence-electron chi connectivity index (χ1n) is 12.2. The Morgan fingerprint density at radius 3 is 2.73 bits per heavy atom. The predicted octanol–water partition coefficient (Wildman–Crippen LogP) is 1.19. The fraction of sp³-hybridized carbons (Fsp3) is 0.440. The van der Waals surface area contributed by atoms with Crippen LogP contribution in [0.2, 0.25) is 0 Å². The third kappa shape index (κ3) is 5.11. The molecule has 12 heteroatoms. The predicted molar refractivity (Wildman–Crippen MR) is 142 cm³/mol. The highest BCUT2D eigenvalue weighted by Crippen LogP contribution is 2.38. The number of hydrogen-bond acceptors (Lipinski definition) is 9. The minimum atomic E-state index is -1.13. The van der Waals surface area contributed by atoms with Crippen LogP contribution in [0.1, 0.15) is 42.8 Å². The Bertz CT molecular complexity index is 1350. The summed E-state index contributed by atoms with van der Waals surface area (Å²) in [5.74, 6) is 5.47. The smallest absolute Gasteiger partial charge is 0.227 e. The van der Waals surface area contributed by atoms with Gasteiger partial charge in [0.2, 0.25) is 11.9 Å². The maximum absolute atomic E-state index is 12.9. The highest BCUT2D eigenvalue weighted by Gasteiger charge is 2.39. The van der Waals surface area contributed by atoms with Crippen molar-refractivity contribution in [3.8, 4) is 18.5 Å². The maximum Gasteiger partial charge on any atom is 0.227 e. The molecule has 2 aromatic heterocycles. The molecule has 0 saturated heterocycles. The molecule has 3 aliphatic rings. The standard InChI is InChI=1S/C25H28N10OS/c1-3-17-13-28-21(29-14-17)18-5-10-35(11-6-18)24-32-19-7-12-37(36)20(19)22(33-24)34-25(8-4-9-25)15-30-23(27-2)31-16-26/h1,5,13-14H,4,6-12,15H2,2H3,(H2,27,30,31)(H,32,33,34)/t37-/m0/s1. The maximum atomic E-state index is 12.9. The van der Waals surface area contributed by atoms with Gasteiger partial charge in [0.05, 0.1) is 27.6 Å². The summed E-state index contributed by atoms with van der Waals surface area (Å²) in [6.45, 7) is 1.90. The molecule has 0 aromatic carbocycles. The molecule has 11 nitrogen and oxygen atoms in total. The highest BCUT2D eigenvalue weighted by atomic mass is 32.2. The number of rotatable bonds is 6. The Morgan fingerprint density at radius 1 is 1.30 bits per heavy atom. The number of fused-ring (bicyclic) bond motifs is 1. The monoisotopic (exact) mass is 516 g/mol. The molecule has 37 heavy (non-hydrogen) atoms. The molecule has 0 spiro atoms. The zero-order valence-electron chi connectivity index (χ0n) is 20.6. The van der Waals surface area contributed by atoms with Gasteiger partial charge < -0.3 is 15.5 Å². The van der Waals surface area contributed by atoms with Crippen LogP contribution in [0.25, 0.3) is 5.57 Å². The lowest BCUT2D eigenvalue weighted by atomic mass is 9.76. The molecule has 4 heterocycles. The first-order chi connectivity index (χ1) is 18.0. The molecule has 5 rings (SSSR count). The van der Waals surface area contributed by atoms with Gasteiger partial charge in [0.1, 0.15) is 10.7 Å². The third-order valence-electron chi connectivity index (χ3n) is 6.96. The average molecular weight is 517 g/mol. The van der Waals surface area contributed by atoms with Crippen molar-refractivity contribution in [3.63, 3.8) is 0 Å². The van der Waals surface area contributed by atoms with E-state index in [1.807, 2.05) is 6.19 Å². The zero-order chi connectivity index (χ0) is 25.8. The van der Waals surface area contributed by atoms with Gasteiger partial charge in [-0.05, 0) is 31.3 Å². The van der Waals surface area contributed by atoms with Gasteiger partial charge >= 0.3 is 0 Å². The largest absolute Gasteiger partial charge is 0.362 e. The summed E-state index contributed by atoms with van der Waals surface area (Å²) >= 11 is 0. The van der Waals surface area contributed by atoms with E-state index in [1.165, 1.54) is 0 Å². The van der Waals surface area contributed by atoms with Crippen LogP contribution >= 0.6 is 0 Å². The first-order valence-corrected chi connectivity index (χ1v) is 13.5. The number of hydrogen-bond donors (Lipinski definition) is 3. The molecule has 0 radical (unpaired) electrons. The second-order valence-electron chi connectivity index (χ2n) is 9.23. The van der Waals surface area contributed by atoms with Crippen molar-refractivity contribution in [2.24, 2.45) is 4.99 Å². The summed E-state index contributed by atoms with van der Waals surface area (Å²) in [6, 6.07) is 0. The van der Waals surface area contributed by atoms with Crippen LogP contribution in [0, 0.1) is 23.8 Å². The zero-order valence-corrected chi connectivity index (χ0v) is 21.4. The van der Waals surface area contributed by atoms with Crippen molar-refractivity contribution in [1.82, 2.24) is 30.6 Å². The summed E-state index contributed by atoms with van der Waals surface area (Å²) in [5.41, 5.74) is 2.30. The van der Waals surface area contributed by atoms with E-state index in [-0.39, 0.29) is 5.54 Å². The molecule has 3 N–H and O–H groups in total. The van der Waals surface area contributed by atoms with Gasteiger partial charge in [0.15, 0.2) is 12.0 Å². The Labute approximate surface area is 218 Å². The molecule has 2 aromatic rings. The van der Waals surface area contributed by atoms with E-state index in [1.54, 1.807) is 19.4 Å². The van der Waals surface area contributed by atoms with Gasteiger partial charge in [-0.3, -0.25) is 14.5 Å². The SMILES string of the molecule is C#Cc1cnc(C2=CCN(c3nc4c(c(NC5(CNC(=NC)NC#N)CCC5)n3)[S@@](=O)CC4)CC2)nc1. The normalized spacial score (nSPS) is 20.1. The van der Waals surface area contributed by atoms with Crippen LogP contribution in [0.15, 0.2) is 28.4 Å². The van der Waals surface area contributed by atoms with E-state index in [2.05, 4.69) is 47.8 Å². The molecule has 0 amide bonds. The fourth-order valence-electron chi connectivity index (χ4n) is 4.72. The number of aliphatic imine (C=N–C) groups is 1. The number of anilines is 2. The van der Waals surface area contributed by atoms with Crippen LogP contribution < -0.4 is 20.9 Å². The summed E-state index contributed by atoms with van der Waals surface area (Å²) < 4.78 is 12.9. The Hall–Kier alpha value is -4.03. The van der Waals surface area contributed by atoms with E-state index in [4.69, 9.17) is 21.7 Å². The quantitative estimate of drug-likeness (QED) is 0.168. The van der Waals surface area contributed by atoms with Crippen molar-refractivity contribution >= 4 is 34.1 Å². The molecular weight excluding hydrogens is 488 g/mol. The average Bonchev–Trinajstić information content (AvgIpc) is 3.30. The topological polar surface area (TPSA) is 144 Å². The number of aromatic nitrogens is 4. The Balaban J connectivity index is 1.37. The van der Waals surface area contributed by atoms with Gasteiger partial charge in [-0.1, -0.05) is 12.0 Å². The molecule has 2 aliphatic heterocycles. The third-order valence-corrected chi connectivity index (χ3v) is 8.42. The van der Waals surface area contributed by atoms with Gasteiger partial charge in [-0.15, -0.1) is 6.42 Å². The van der Waals surface area contributed by atoms with Crippen molar-refractivity contribution < 1.29 is 4.21 Å². The number of guanidine groups is 1. The van der Waals surface area contributed by atoms with Crippen molar-refractivity contribution in [1.29, 1.82) is 5.26 Å². The highest BCUT2D eigenvalue weighted by molar-refractivity contribution is 7.85. The summed E-state index contributed by atoms with van der Waals surface area (Å²) in [5, 5.41) is 18.3. The van der Waals surface area contributed by atoms with E-state index < -0.39 is 10.8 Å². The van der Waals surface area contributed by atoms with Crippen molar-refractivity contribution in [2.45, 2.75) is 42.5 Å². The molecule has 1 saturated carbocycles. The van der Waals surface area contributed by atoms with E-state index in [0.717, 1.165) is 43.5 Å². The number of nitriles is 1. The molecule has 0 unspecified atom stereocenters. The minimum Gasteiger partial charge on any atom is -0.362 e. The lowest BCUT2D eigenvalue weighted by Crippen LogP contribution is -2.55. The second-order valence-corrected chi connectivity index (χ2v) is 10.7. The van der Waals surface area contributed by atoms with E-state index in [9.17, 15) is 4.21 Å². The van der Waals surface area contributed by atoms with Gasteiger partial charge in [0, 0.05) is 51.2 Å². The number of nitrogens with zero attached hydrogens (tertiary/aromatic N) is 7. The van der Waals surface area contributed by atoms with Gasteiger partial charge in [0.25, 0.3) is 0 Å². The molecule has 1 atom stereocenters. The molecular formula is C25H28N10OS. The van der Waals surface area contributed by atoms with Crippen molar-refractivity contribution in [2.75, 3.05) is 42.7 Å². The Morgan fingerprint density at radius 2 is 2.11 bits per heavy atom. The lowest BCUT2D eigenvalue weighted by molar-refractivity contribution is 0.276. The number of nitrogens with one attached hydrogen (secondary N) is 3. The first kappa shape index (κ1) is 24.7. The van der Waals surface area contributed by atoms with Crippen LogP contribution in [0.5, 0.6) is 0 Å². The van der Waals surface area contributed by atoms with E-state index >= 15 is 0 Å². The second kappa shape index (κ2) is 10.5. The van der Waals surface area contributed by atoms with Gasteiger partial charge in [-0.25, -0.2) is 15.0 Å². The van der Waals surface area contributed by atoms with Gasteiger partial charge in [-0.2, -0.15) is 10.2 Å². The summed E-state index contributed by atoms with van der Waals surface area (Å²) in [4.78, 5) is 25.4. The summed E-state index contributed by atoms with van der Waals surface area (Å²) in [7, 11) is 0.488. The Kier molecular flexibility index (Phi) is 7.01. The van der Waals surface area contributed by atoms with Crippen LogP contribution in [0.3, 0.4) is 0 Å². The molecule has 190 valence electrons. The minimum absolute atomic E-state index is 0.268. The number of terminal acetylenes is 1. The van der Waals surface area contributed by atoms with Crippen LogP contribution in [-0.2, 0) is 17.2 Å². The van der Waals surface area contributed by atoms with Crippen molar-refractivity contribution in [3.05, 3.63) is 35.6 Å². The van der Waals surface area contributed by atoms with E-state index in [0.29, 0.717) is 59.3 Å². The molecule has 1 fully saturated rings.